The van der Waals surface area contributed by atoms with Crippen LogP contribution in [0.5, 0.6) is 0 Å². The lowest BCUT2D eigenvalue weighted by molar-refractivity contribution is 0.0944. The van der Waals surface area contributed by atoms with Gasteiger partial charge in [0, 0.05) is 16.9 Å². The van der Waals surface area contributed by atoms with E-state index in [-0.39, 0.29) is 11.0 Å². The van der Waals surface area contributed by atoms with Gasteiger partial charge in [-0.2, -0.15) is 0 Å². The van der Waals surface area contributed by atoms with Crippen LogP contribution in [0.2, 0.25) is 0 Å². The molecule has 0 heterocycles. The van der Waals surface area contributed by atoms with E-state index in [0.717, 1.165) is 16.9 Å². The maximum atomic E-state index is 12.5. The van der Waals surface area contributed by atoms with Gasteiger partial charge in [-0.25, -0.2) is 0 Å². The highest BCUT2D eigenvalue weighted by molar-refractivity contribution is 7.80. The van der Waals surface area contributed by atoms with Gasteiger partial charge in [-0.15, -0.1) is 0 Å². The number of rotatable bonds is 5. The first-order valence-corrected chi connectivity index (χ1v) is 11.5. The van der Waals surface area contributed by atoms with Crippen molar-refractivity contribution < 1.29 is 4.79 Å². The number of nitrogens with one attached hydrogen (secondary N) is 6. The normalized spacial score (nSPS) is 10.1. The van der Waals surface area contributed by atoms with Crippen molar-refractivity contribution in [2.75, 3.05) is 16.1 Å². The number of hydrogen-bond acceptors (Lipinski definition) is 4. The lowest BCUT2D eigenvalue weighted by Crippen LogP contribution is -2.43. The molecule has 0 spiro atoms. The Bertz CT molecular complexity index is 1230. The van der Waals surface area contributed by atoms with E-state index in [1.165, 1.54) is 16.7 Å². The molecular weight excluding hydrogens is 464 g/mol. The summed E-state index contributed by atoms with van der Waals surface area (Å²) < 4.78 is 0. The van der Waals surface area contributed by atoms with E-state index in [4.69, 9.17) is 24.4 Å². The molecule has 0 saturated carbocycles. The summed E-state index contributed by atoms with van der Waals surface area (Å²) in [4.78, 5) is 12.5. The van der Waals surface area contributed by atoms with E-state index >= 15 is 0 Å². The zero-order valence-electron chi connectivity index (χ0n) is 19.5. The second-order valence-corrected chi connectivity index (χ2v) is 8.73. The summed E-state index contributed by atoms with van der Waals surface area (Å²) in [5, 5.41) is 6.87. The highest BCUT2D eigenvalue weighted by Gasteiger charge is 2.08. The summed E-state index contributed by atoms with van der Waals surface area (Å²) in [5.41, 5.74) is 18.9. The molecule has 0 radical (unpaired) electrons. The molecule has 0 aliphatic carbocycles. The van der Waals surface area contributed by atoms with E-state index in [1.54, 1.807) is 18.2 Å². The number of hydrogen-bond donors (Lipinski definition) is 6. The SMILES string of the molecule is Cc1ccc(NC(=S)NNC(=O)c2cccc(NNC(=S)Nc3ccc(C)c(C)c3)c2)cc1C. The predicted molar refractivity (Wildman–Crippen MR) is 148 cm³/mol. The van der Waals surface area contributed by atoms with Crippen LogP contribution in [0.4, 0.5) is 17.1 Å². The largest absolute Gasteiger partial charge is 0.331 e. The van der Waals surface area contributed by atoms with Crippen LogP contribution in [0.25, 0.3) is 0 Å². The van der Waals surface area contributed by atoms with Gasteiger partial charge in [0.15, 0.2) is 10.2 Å². The van der Waals surface area contributed by atoms with Gasteiger partial charge in [-0.1, -0.05) is 18.2 Å². The Labute approximate surface area is 210 Å². The average molecular weight is 493 g/mol. The van der Waals surface area contributed by atoms with Crippen LogP contribution >= 0.6 is 24.4 Å². The summed E-state index contributed by atoms with van der Waals surface area (Å²) in [6.07, 6.45) is 0. The molecular formula is C25H28N6OS2. The van der Waals surface area contributed by atoms with Crippen molar-refractivity contribution in [3.8, 4) is 0 Å². The van der Waals surface area contributed by atoms with Gasteiger partial charge in [-0.3, -0.25) is 26.5 Å². The minimum atomic E-state index is -0.330. The second-order valence-electron chi connectivity index (χ2n) is 7.92. The molecule has 3 rings (SSSR count). The fourth-order valence-electron chi connectivity index (χ4n) is 3.02. The average Bonchev–Trinajstić information content (AvgIpc) is 2.81. The number of benzene rings is 3. The summed E-state index contributed by atoms with van der Waals surface area (Å²) in [6, 6.07) is 18.9. The lowest BCUT2D eigenvalue weighted by atomic mass is 10.1. The quantitative estimate of drug-likeness (QED) is 0.222. The number of amides is 1. The summed E-state index contributed by atoms with van der Waals surface area (Å²) in [7, 11) is 0. The fourth-order valence-corrected chi connectivity index (χ4v) is 3.35. The third kappa shape index (κ3) is 7.16. The second kappa shape index (κ2) is 11.4. The molecule has 1 amide bonds. The maximum absolute atomic E-state index is 12.5. The number of aryl methyl sites for hydroxylation is 4. The molecule has 0 aliphatic rings. The van der Waals surface area contributed by atoms with Crippen LogP contribution in [0.15, 0.2) is 60.7 Å². The molecule has 7 nitrogen and oxygen atoms in total. The molecule has 0 unspecified atom stereocenters. The van der Waals surface area contributed by atoms with Crippen molar-refractivity contribution in [2.45, 2.75) is 27.7 Å². The standard InChI is InChI=1S/C25H28N6OS2/c1-15-8-10-20(12-17(15)3)26-24(33)30-28-22-7-5-6-19(14-22)23(32)29-31-25(34)27-21-11-9-16(2)18(4)13-21/h5-14,28H,1-4H3,(H,29,32)(H2,26,30,33)(H2,27,31,34). The van der Waals surface area contributed by atoms with Crippen molar-refractivity contribution >= 4 is 57.6 Å². The molecule has 3 aromatic rings. The fraction of sp³-hybridized carbons (Fsp3) is 0.160. The molecule has 34 heavy (non-hydrogen) atoms. The maximum Gasteiger partial charge on any atom is 0.269 e. The van der Waals surface area contributed by atoms with E-state index in [0.29, 0.717) is 16.4 Å². The van der Waals surface area contributed by atoms with Crippen LogP contribution in [-0.4, -0.2) is 16.1 Å². The molecule has 0 aliphatic heterocycles. The third-order valence-electron chi connectivity index (χ3n) is 5.26. The lowest BCUT2D eigenvalue weighted by Gasteiger charge is -2.15. The molecule has 0 saturated heterocycles. The van der Waals surface area contributed by atoms with Crippen molar-refractivity contribution in [1.29, 1.82) is 0 Å². The summed E-state index contributed by atoms with van der Waals surface area (Å²) in [5.74, 6) is -0.330. The van der Waals surface area contributed by atoms with Gasteiger partial charge in [0.25, 0.3) is 5.91 Å². The molecule has 0 aromatic heterocycles. The molecule has 6 N–H and O–H groups in total. The van der Waals surface area contributed by atoms with Gasteiger partial charge >= 0.3 is 0 Å². The Balaban J connectivity index is 1.49. The smallest absolute Gasteiger partial charge is 0.269 e. The zero-order valence-corrected chi connectivity index (χ0v) is 21.1. The van der Waals surface area contributed by atoms with Crippen molar-refractivity contribution in [3.63, 3.8) is 0 Å². The highest BCUT2D eigenvalue weighted by atomic mass is 32.1. The van der Waals surface area contributed by atoms with Crippen molar-refractivity contribution in [1.82, 2.24) is 16.3 Å². The van der Waals surface area contributed by atoms with E-state index in [1.807, 2.05) is 63.2 Å². The number of carbonyl (C=O) groups is 1. The summed E-state index contributed by atoms with van der Waals surface area (Å²) >= 11 is 10.6. The Morgan fingerprint density at radius 2 is 1.18 bits per heavy atom. The van der Waals surface area contributed by atoms with Crippen LogP contribution < -0.4 is 32.3 Å². The molecule has 176 valence electrons. The highest BCUT2D eigenvalue weighted by Crippen LogP contribution is 2.15. The van der Waals surface area contributed by atoms with E-state index < -0.39 is 0 Å². The minimum Gasteiger partial charge on any atom is -0.331 e. The van der Waals surface area contributed by atoms with Crippen LogP contribution in [0.1, 0.15) is 32.6 Å². The van der Waals surface area contributed by atoms with Crippen LogP contribution in [0, 0.1) is 27.7 Å². The Kier molecular flexibility index (Phi) is 8.39. The van der Waals surface area contributed by atoms with E-state index in [9.17, 15) is 4.79 Å². The molecule has 9 heteroatoms. The number of hydrazine groups is 2. The Hall–Kier alpha value is -3.69. The van der Waals surface area contributed by atoms with Crippen molar-refractivity contribution in [2.24, 2.45) is 0 Å². The first-order valence-electron chi connectivity index (χ1n) is 10.7. The zero-order chi connectivity index (χ0) is 24.7. The van der Waals surface area contributed by atoms with Gasteiger partial charge in [-0.05, 0) is 117 Å². The molecule has 0 bridgehead atoms. The number of carbonyl (C=O) groups excluding carboxylic acids is 1. The Morgan fingerprint density at radius 3 is 1.74 bits per heavy atom. The van der Waals surface area contributed by atoms with Gasteiger partial charge < -0.3 is 10.6 Å². The monoisotopic (exact) mass is 492 g/mol. The van der Waals surface area contributed by atoms with Gasteiger partial charge in [0.05, 0.1) is 5.69 Å². The molecule has 3 aromatic carbocycles. The summed E-state index contributed by atoms with van der Waals surface area (Å²) in [6.45, 7) is 8.18. The minimum absolute atomic E-state index is 0.287. The first kappa shape index (κ1) is 24.9. The van der Waals surface area contributed by atoms with Crippen LogP contribution in [0.3, 0.4) is 0 Å². The van der Waals surface area contributed by atoms with Gasteiger partial charge in [0.2, 0.25) is 0 Å². The number of thiocarbonyl (C=S) groups is 2. The van der Waals surface area contributed by atoms with Gasteiger partial charge in [0.1, 0.15) is 0 Å². The molecule has 0 atom stereocenters. The van der Waals surface area contributed by atoms with Crippen molar-refractivity contribution in [3.05, 3.63) is 88.5 Å². The number of anilines is 3. The molecule has 0 fully saturated rings. The third-order valence-corrected chi connectivity index (χ3v) is 5.67. The first-order chi connectivity index (χ1) is 16.2. The predicted octanol–water partition coefficient (Wildman–Crippen LogP) is 4.87. The topological polar surface area (TPSA) is 89.2 Å². The van der Waals surface area contributed by atoms with Crippen LogP contribution in [-0.2, 0) is 0 Å². The van der Waals surface area contributed by atoms with E-state index in [2.05, 4.69) is 39.3 Å². The Morgan fingerprint density at radius 1 is 0.618 bits per heavy atom.